The maximum atomic E-state index is 12.6. The van der Waals surface area contributed by atoms with Crippen molar-refractivity contribution in [3.8, 4) is 0 Å². The number of nitrogens with one attached hydrogen (secondary N) is 2. The van der Waals surface area contributed by atoms with E-state index in [1.54, 1.807) is 7.05 Å². The Morgan fingerprint density at radius 3 is 2.54 bits per heavy atom. The number of nitrogens with zero attached hydrogens (tertiary/aromatic N) is 3. The number of rotatable bonds is 7. The van der Waals surface area contributed by atoms with Crippen molar-refractivity contribution in [2.24, 2.45) is 14.1 Å². The molecule has 0 saturated heterocycles. The number of aliphatic hydroxyl groups is 1. The van der Waals surface area contributed by atoms with Crippen LogP contribution in [0.25, 0.3) is 0 Å². The van der Waals surface area contributed by atoms with Crippen molar-refractivity contribution in [2.75, 3.05) is 36.5 Å². The van der Waals surface area contributed by atoms with E-state index in [9.17, 15) is 9.59 Å². The lowest BCUT2D eigenvalue weighted by Gasteiger charge is -2.28. The zero-order chi connectivity index (χ0) is 18.7. The number of hydrogen-bond donors (Lipinski definition) is 3. The molecule has 1 aliphatic heterocycles. The van der Waals surface area contributed by atoms with E-state index >= 15 is 0 Å². The Labute approximate surface area is 151 Å². The Balaban J connectivity index is 1.94. The molecule has 0 bridgehead atoms. The van der Waals surface area contributed by atoms with E-state index < -0.39 is 0 Å². The van der Waals surface area contributed by atoms with Crippen LogP contribution in [0.15, 0.2) is 39.9 Å². The first-order valence-corrected chi connectivity index (χ1v) is 8.73. The molecule has 0 amide bonds. The normalized spacial score (nSPS) is 15.8. The predicted octanol–water partition coefficient (Wildman–Crippen LogP) is -0.533. The van der Waals surface area contributed by atoms with E-state index in [2.05, 4.69) is 15.5 Å². The lowest BCUT2D eigenvalue weighted by molar-refractivity contribution is 0.293. The first-order chi connectivity index (χ1) is 12.5. The van der Waals surface area contributed by atoms with Crippen molar-refractivity contribution in [1.82, 2.24) is 14.5 Å². The lowest BCUT2D eigenvalue weighted by atomic mass is 10.1. The highest BCUT2D eigenvalue weighted by atomic mass is 16.3. The average molecular weight is 359 g/mol. The minimum atomic E-state index is -0.343. The second-order valence-corrected chi connectivity index (χ2v) is 6.42. The van der Waals surface area contributed by atoms with Gasteiger partial charge >= 0.3 is 5.69 Å². The molecule has 26 heavy (non-hydrogen) atoms. The SMILES string of the molecule is Cn1c2c(c(=O)n(C)c1=O)NC(Cc1ccccc1)N2CCNCCO. The van der Waals surface area contributed by atoms with Crippen LogP contribution in [0.1, 0.15) is 5.56 Å². The van der Waals surface area contributed by atoms with Crippen LogP contribution in [0.4, 0.5) is 11.5 Å². The first-order valence-electron chi connectivity index (χ1n) is 8.73. The number of fused-ring (bicyclic) bond motifs is 1. The van der Waals surface area contributed by atoms with Crippen LogP contribution in [0, 0.1) is 0 Å². The van der Waals surface area contributed by atoms with Crippen molar-refractivity contribution in [1.29, 1.82) is 0 Å². The zero-order valence-corrected chi connectivity index (χ0v) is 15.1. The minimum Gasteiger partial charge on any atom is -0.395 e. The molecule has 8 nitrogen and oxygen atoms in total. The van der Waals surface area contributed by atoms with E-state index in [0.717, 1.165) is 10.1 Å². The average Bonchev–Trinajstić information content (AvgIpc) is 3.01. The number of benzene rings is 1. The Bertz CT molecular complexity index is 875. The summed E-state index contributed by atoms with van der Waals surface area (Å²) in [5.74, 6) is 0.616. The van der Waals surface area contributed by atoms with Crippen molar-refractivity contribution in [2.45, 2.75) is 12.6 Å². The molecule has 1 aromatic carbocycles. The zero-order valence-electron chi connectivity index (χ0n) is 15.1. The maximum absolute atomic E-state index is 12.6. The van der Waals surface area contributed by atoms with Crippen LogP contribution in [0.5, 0.6) is 0 Å². The highest BCUT2D eigenvalue weighted by molar-refractivity contribution is 5.72. The molecule has 0 fully saturated rings. The van der Waals surface area contributed by atoms with Gasteiger partial charge in [-0.2, -0.15) is 0 Å². The number of aliphatic hydroxyl groups excluding tert-OH is 1. The molecule has 0 spiro atoms. The van der Waals surface area contributed by atoms with Gasteiger partial charge in [0.1, 0.15) is 17.7 Å². The molecule has 0 aliphatic carbocycles. The van der Waals surface area contributed by atoms with Crippen molar-refractivity contribution in [3.05, 3.63) is 56.7 Å². The highest BCUT2D eigenvalue weighted by Crippen LogP contribution is 2.31. The van der Waals surface area contributed by atoms with Crippen molar-refractivity contribution < 1.29 is 5.11 Å². The first kappa shape index (κ1) is 18.2. The monoisotopic (exact) mass is 359 g/mol. The summed E-state index contributed by atoms with van der Waals surface area (Å²) in [6.45, 7) is 1.82. The molecule has 0 saturated carbocycles. The standard InChI is InChI=1S/C18H25N5O3/c1-21-16-15(17(25)22(2)18(21)26)20-14(12-13-6-4-3-5-7-13)23(16)10-8-19-9-11-24/h3-7,14,19-20,24H,8-12H2,1-2H3. The molecular formula is C18H25N5O3. The summed E-state index contributed by atoms with van der Waals surface area (Å²) in [5.41, 5.74) is 0.946. The quantitative estimate of drug-likeness (QED) is 0.576. The van der Waals surface area contributed by atoms with Crippen molar-refractivity contribution >= 4 is 11.5 Å². The molecule has 8 heteroatoms. The fraction of sp³-hybridized carbons (Fsp3) is 0.444. The van der Waals surface area contributed by atoms with E-state index in [1.807, 2.05) is 30.3 Å². The van der Waals surface area contributed by atoms with Crippen LogP contribution in [0.3, 0.4) is 0 Å². The van der Waals surface area contributed by atoms with Crippen LogP contribution in [-0.2, 0) is 20.5 Å². The fourth-order valence-electron chi connectivity index (χ4n) is 3.35. The smallest absolute Gasteiger partial charge is 0.332 e. The minimum absolute atomic E-state index is 0.0707. The van der Waals surface area contributed by atoms with Gasteiger partial charge in [-0.15, -0.1) is 0 Å². The van der Waals surface area contributed by atoms with Gasteiger partial charge in [0, 0.05) is 40.2 Å². The van der Waals surface area contributed by atoms with Crippen LogP contribution < -0.4 is 26.8 Å². The number of aromatic nitrogens is 2. The molecule has 1 aliphatic rings. The van der Waals surface area contributed by atoms with Crippen LogP contribution >= 0.6 is 0 Å². The van der Waals surface area contributed by atoms with Gasteiger partial charge in [0.2, 0.25) is 0 Å². The van der Waals surface area contributed by atoms with Gasteiger partial charge in [-0.3, -0.25) is 13.9 Å². The van der Waals surface area contributed by atoms with Gasteiger partial charge in [0.25, 0.3) is 5.56 Å². The molecule has 3 N–H and O–H groups in total. The molecule has 2 heterocycles. The van der Waals surface area contributed by atoms with E-state index in [-0.39, 0.29) is 24.0 Å². The summed E-state index contributed by atoms with van der Waals surface area (Å²) in [6.07, 6.45) is 0.580. The Hall–Kier alpha value is -2.58. The summed E-state index contributed by atoms with van der Waals surface area (Å²) in [7, 11) is 3.17. The number of hydrogen-bond acceptors (Lipinski definition) is 6. The topological polar surface area (TPSA) is 91.5 Å². The predicted molar refractivity (Wildman–Crippen MR) is 102 cm³/mol. The van der Waals surface area contributed by atoms with Crippen LogP contribution in [-0.4, -0.2) is 46.6 Å². The third kappa shape index (κ3) is 3.38. The third-order valence-electron chi connectivity index (χ3n) is 4.68. The van der Waals surface area contributed by atoms with Gasteiger partial charge in [-0.05, 0) is 5.56 Å². The molecule has 1 unspecified atom stereocenters. The van der Waals surface area contributed by atoms with E-state index in [0.29, 0.717) is 37.6 Å². The van der Waals surface area contributed by atoms with Gasteiger partial charge in [-0.1, -0.05) is 30.3 Å². The largest absolute Gasteiger partial charge is 0.395 e. The van der Waals surface area contributed by atoms with Gasteiger partial charge in [0.15, 0.2) is 0 Å². The summed E-state index contributed by atoms with van der Waals surface area (Å²) < 4.78 is 2.64. The second kappa shape index (κ2) is 7.76. The van der Waals surface area contributed by atoms with Gasteiger partial charge < -0.3 is 20.6 Å². The summed E-state index contributed by atoms with van der Waals surface area (Å²) in [5, 5.41) is 15.4. The van der Waals surface area contributed by atoms with Gasteiger partial charge in [-0.25, -0.2) is 4.79 Å². The fourth-order valence-corrected chi connectivity index (χ4v) is 3.35. The lowest BCUT2D eigenvalue weighted by Crippen LogP contribution is -2.43. The summed E-state index contributed by atoms with van der Waals surface area (Å²) in [6, 6.07) is 10.0. The van der Waals surface area contributed by atoms with Crippen molar-refractivity contribution in [3.63, 3.8) is 0 Å². The molecule has 140 valence electrons. The van der Waals surface area contributed by atoms with E-state index in [1.165, 1.54) is 11.6 Å². The summed E-state index contributed by atoms with van der Waals surface area (Å²) >= 11 is 0. The Kier molecular flexibility index (Phi) is 5.43. The Morgan fingerprint density at radius 2 is 1.85 bits per heavy atom. The Morgan fingerprint density at radius 1 is 1.12 bits per heavy atom. The molecule has 0 radical (unpaired) electrons. The second-order valence-electron chi connectivity index (χ2n) is 6.42. The maximum Gasteiger partial charge on any atom is 0.332 e. The molecule has 1 aromatic heterocycles. The third-order valence-corrected chi connectivity index (χ3v) is 4.68. The van der Waals surface area contributed by atoms with Gasteiger partial charge in [0.05, 0.1) is 6.61 Å². The molecule has 1 atom stereocenters. The molecule has 3 rings (SSSR count). The van der Waals surface area contributed by atoms with Crippen LogP contribution in [0.2, 0.25) is 0 Å². The highest BCUT2D eigenvalue weighted by Gasteiger charge is 2.33. The molecular weight excluding hydrogens is 334 g/mol. The molecule has 2 aromatic rings. The summed E-state index contributed by atoms with van der Waals surface area (Å²) in [4.78, 5) is 27.0. The number of anilines is 2. The van der Waals surface area contributed by atoms with E-state index in [4.69, 9.17) is 5.11 Å².